The summed E-state index contributed by atoms with van der Waals surface area (Å²) < 4.78 is 25.1. The van der Waals surface area contributed by atoms with Crippen LogP contribution in [0.15, 0.2) is 64.0 Å². The molecule has 1 saturated heterocycles. The molecular weight excluding hydrogens is 617 g/mol. The Balaban J connectivity index is 1.38. The van der Waals surface area contributed by atoms with E-state index in [-0.39, 0.29) is 17.4 Å². The van der Waals surface area contributed by atoms with Crippen molar-refractivity contribution in [3.63, 3.8) is 0 Å². The van der Waals surface area contributed by atoms with E-state index in [1.54, 1.807) is 24.3 Å². The van der Waals surface area contributed by atoms with E-state index in [1.807, 2.05) is 19.9 Å². The van der Waals surface area contributed by atoms with Crippen molar-refractivity contribution in [2.45, 2.75) is 13.8 Å². The van der Waals surface area contributed by atoms with Crippen LogP contribution in [0.4, 0.5) is 20.6 Å². The Morgan fingerprint density at radius 1 is 0.976 bits per heavy atom. The Hall–Kier alpha value is -4.16. The summed E-state index contributed by atoms with van der Waals surface area (Å²) in [6.07, 6.45) is 1.50. The smallest absolute Gasteiger partial charge is 0.294 e. The molecular formula is C29H25BrFN3O6S. The zero-order chi connectivity index (χ0) is 29.7. The second-order valence-corrected chi connectivity index (χ2v) is 10.8. The first kappa shape index (κ1) is 29.8. The molecule has 0 bridgehead atoms. The van der Waals surface area contributed by atoms with Crippen LogP contribution in [0.3, 0.4) is 0 Å². The lowest BCUT2D eigenvalue weighted by Gasteiger charge is -2.14. The molecule has 1 aliphatic rings. The van der Waals surface area contributed by atoms with Gasteiger partial charge in [0.2, 0.25) is 5.91 Å². The summed E-state index contributed by atoms with van der Waals surface area (Å²) in [5.41, 5.74) is 3.52. The molecule has 0 aliphatic carbocycles. The molecule has 4 rings (SSSR count). The minimum atomic E-state index is -0.622. The average molecular weight is 643 g/mol. The van der Waals surface area contributed by atoms with Crippen LogP contribution in [0.5, 0.6) is 11.5 Å². The predicted molar refractivity (Wildman–Crippen MR) is 158 cm³/mol. The fraction of sp³-hybridized carbons (Fsp3) is 0.172. The van der Waals surface area contributed by atoms with Crippen LogP contribution in [0, 0.1) is 19.7 Å². The number of methoxy groups -OCH3 is 1. The van der Waals surface area contributed by atoms with Crippen molar-refractivity contribution < 1.29 is 33.0 Å². The fourth-order valence-corrected chi connectivity index (χ4v) is 5.08. The highest BCUT2D eigenvalue weighted by Crippen LogP contribution is 2.34. The Bertz CT molecular complexity index is 1560. The maximum Gasteiger partial charge on any atom is 0.294 e. The number of hydrogen-bond donors (Lipinski definition) is 2. The second kappa shape index (κ2) is 13.0. The van der Waals surface area contributed by atoms with E-state index in [0.29, 0.717) is 40.2 Å². The SMILES string of the molecule is COc1cc(/C=C2/SC(=O)N(CC(=O)Nc3ccc(F)cc3)C2=O)ccc1OCC(=O)Nc1ccc(Br)c(C)c1C. The summed E-state index contributed by atoms with van der Waals surface area (Å²) in [4.78, 5) is 51.1. The Morgan fingerprint density at radius 3 is 2.41 bits per heavy atom. The summed E-state index contributed by atoms with van der Waals surface area (Å²) in [5, 5.41) is 4.76. The number of nitrogens with zero attached hydrogens (tertiary/aromatic N) is 1. The lowest BCUT2D eigenvalue weighted by atomic mass is 10.1. The fourth-order valence-electron chi connectivity index (χ4n) is 3.81. The van der Waals surface area contributed by atoms with Gasteiger partial charge in [0, 0.05) is 15.8 Å². The van der Waals surface area contributed by atoms with Crippen LogP contribution < -0.4 is 20.1 Å². The highest BCUT2D eigenvalue weighted by atomic mass is 79.9. The van der Waals surface area contributed by atoms with Crippen LogP contribution in [0.2, 0.25) is 0 Å². The molecule has 1 aliphatic heterocycles. The van der Waals surface area contributed by atoms with Gasteiger partial charge in [-0.15, -0.1) is 0 Å². The lowest BCUT2D eigenvalue weighted by molar-refractivity contribution is -0.127. The van der Waals surface area contributed by atoms with Crippen molar-refractivity contribution in [1.29, 1.82) is 0 Å². The van der Waals surface area contributed by atoms with Gasteiger partial charge in [-0.05, 0) is 96.9 Å². The van der Waals surface area contributed by atoms with Crippen molar-refractivity contribution >= 4 is 68.1 Å². The third kappa shape index (κ3) is 7.33. The van der Waals surface area contributed by atoms with Gasteiger partial charge in [0.05, 0.1) is 12.0 Å². The Kier molecular flexibility index (Phi) is 9.46. The summed E-state index contributed by atoms with van der Waals surface area (Å²) in [7, 11) is 1.44. The molecule has 0 radical (unpaired) electrons. The summed E-state index contributed by atoms with van der Waals surface area (Å²) >= 11 is 4.17. The highest BCUT2D eigenvalue weighted by molar-refractivity contribution is 9.10. The largest absolute Gasteiger partial charge is 0.493 e. The van der Waals surface area contributed by atoms with Crippen molar-refractivity contribution in [2.75, 3.05) is 30.9 Å². The minimum absolute atomic E-state index is 0.125. The maximum atomic E-state index is 13.1. The van der Waals surface area contributed by atoms with E-state index in [9.17, 15) is 23.6 Å². The van der Waals surface area contributed by atoms with E-state index in [1.165, 1.54) is 37.5 Å². The molecule has 1 fully saturated rings. The lowest BCUT2D eigenvalue weighted by Crippen LogP contribution is -2.36. The van der Waals surface area contributed by atoms with Crippen molar-refractivity contribution in [3.05, 3.63) is 86.5 Å². The number of thioether (sulfide) groups is 1. The molecule has 212 valence electrons. The molecule has 0 spiro atoms. The topological polar surface area (TPSA) is 114 Å². The van der Waals surface area contributed by atoms with Crippen molar-refractivity contribution in [3.8, 4) is 11.5 Å². The van der Waals surface area contributed by atoms with Gasteiger partial charge in [0.15, 0.2) is 18.1 Å². The third-order valence-corrected chi connectivity index (χ3v) is 7.91. The van der Waals surface area contributed by atoms with Gasteiger partial charge in [0.25, 0.3) is 17.1 Å². The Labute approximate surface area is 248 Å². The van der Waals surface area contributed by atoms with Gasteiger partial charge in [-0.1, -0.05) is 22.0 Å². The van der Waals surface area contributed by atoms with Crippen LogP contribution in [0.25, 0.3) is 6.08 Å². The number of nitrogens with one attached hydrogen (secondary N) is 2. The number of benzene rings is 3. The number of ether oxygens (including phenoxy) is 2. The average Bonchev–Trinajstić information content (AvgIpc) is 3.20. The number of imide groups is 1. The normalized spacial score (nSPS) is 13.9. The molecule has 0 unspecified atom stereocenters. The molecule has 41 heavy (non-hydrogen) atoms. The van der Waals surface area contributed by atoms with E-state index in [2.05, 4.69) is 26.6 Å². The molecule has 9 nitrogen and oxygen atoms in total. The number of rotatable bonds is 9. The van der Waals surface area contributed by atoms with Gasteiger partial charge in [-0.2, -0.15) is 0 Å². The summed E-state index contributed by atoms with van der Waals surface area (Å²) in [5.74, 6) is -1.39. The molecule has 0 saturated carbocycles. The van der Waals surface area contributed by atoms with Crippen LogP contribution in [-0.2, 0) is 14.4 Å². The first-order valence-electron chi connectivity index (χ1n) is 12.2. The van der Waals surface area contributed by atoms with E-state index in [4.69, 9.17) is 9.47 Å². The molecule has 0 atom stereocenters. The molecule has 3 aromatic carbocycles. The molecule has 3 aromatic rings. The van der Waals surface area contributed by atoms with Crippen molar-refractivity contribution in [2.24, 2.45) is 0 Å². The van der Waals surface area contributed by atoms with Gasteiger partial charge in [-0.3, -0.25) is 24.1 Å². The second-order valence-electron chi connectivity index (χ2n) is 8.92. The van der Waals surface area contributed by atoms with Gasteiger partial charge in [0.1, 0.15) is 12.4 Å². The zero-order valence-electron chi connectivity index (χ0n) is 22.2. The predicted octanol–water partition coefficient (Wildman–Crippen LogP) is 5.91. The van der Waals surface area contributed by atoms with Crippen LogP contribution >= 0.6 is 27.7 Å². The van der Waals surface area contributed by atoms with Crippen LogP contribution in [0.1, 0.15) is 16.7 Å². The van der Waals surface area contributed by atoms with Crippen molar-refractivity contribution in [1.82, 2.24) is 4.90 Å². The van der Waals surface area contributed by atoms with E-state index in [0.717, 1.165) is 20.5 Å². The standard InChI is InChI=1S/C29H25BrFN3O6S/c1-16-17(2)22(10-9-21(16)30)33-27(36)15-40-23-11-4-18(12-24(23)39-3)13-25-28(37)34(29(38)41-25)14-26(35)32-20-7-5-19(31)6-8-20/h4-13H,14-15H2,1-3H3,(H,32,35)(H,33,36)/b25-13+. The van der Waals surface area contributed by atoms with Gasteiger partial charge < -0.3 is 20.1 Å². The van der Waals surface area contributed by atoms with E-state index < -0.39 is 29.4 Å². The zero-order valence-corrected chi connectivity index (χ0v) is 24.7. The molecule has 12 heteroatoms. The number of hydrogen-bond acceptors (Lipinski definition) is 7. The minimum Gasteiger partial charge on any atom is -0.493 e. The molecule has 1 heterocycles. The Morgan fingerprint density at radius 2 is 1.71 bits per heavy atom. The first-order valence-corrected chi connectivity index (χ1v) is 13.8. The number of amides is 4. The number of carbonyl (C=O) groups is 4. The number of anilines is 2. The molecule has 2 N–H and O–H groups in total. The van der Waals surface area contributed by atoms with Gasteiger partial charge in [-0.25, -0.2) is 4.39 Å². The molecule has 4 amide bonds. The summed E-state index contributed by atoms with van der Waals surface area (Å²) in [6, 6.07) is 13.6. The molecule has 0 aromatic heterocycles. The maximum absolute atomic E-state index is 13.1. The quantitative estimate of drug-likeness (QED) is 0.279. The number of carbonyl (C=O) groups excluding carboxylic acids is 4. The first-order chi connectivity index (χ1) is 19.5. The highest BCUT2D eigenvalue weighted by Gasteiger charge is 2.36. The third-order valence-electron chi connectivity index (χ3n) is 6.14. The van der Waals surface area contributed by atoms with Crippen LogP contribution in [-0.4, -0.2) is 48.1 Å². The monoisotopic (exact) mass is 641 g/mol. The van der Waals surface area contributed by atoms with Gasteiger partial charge >= 0.3 is 0 Å². The number of halogens is 2. The summed E-state index contributed by atoms with van der Waals surface area (Å²) in [6.45, 7) is 3.11. The van der Waals surface area contributed by atoms with E-state index >= 15 is 0 Å².